The van der Waals surface area contributed by atoms with Crippen LogP contribution in [0, 0.1) is 19.8 Å². The SMILES string of the molecule is Cc1ccc(C(C(=O)NCC(=O)Nc2cc(C)on2)C(C)C)cc1. The van der Waals surface area contributed by atoms with Crippen molar-refractivity contribution >= 4 is 17.6 Å². The molecule has 128 valence electrons. The molecule has 0 spiro atoms. The van der Waals surface area contributed by atoms with Gasteiger partial charge in [0.25, 0.3) is 0 Å². The molecule has 1 aromatic heterocycles. The van der Waals surface area contributed by atoms with Crippen LogP contribution in [-0.2, 0) is 9.59 Å². The van der Waals surface area contributed by atoms with Crippen molar-refractivity contribution in [2.75, 3.05) is 11.9 Å². The maximum atomic E-state index is 12.5. The standard InChI is InChI=1S/C18H23N3O3/c1-11(2)17(14-7-5-12(3)6-8-14)18(23)19-10-16(22)20-15-9-13(4)24-21-15/h5-9,11,17H,10H2,1-4H3,(H,19,23)(H,20,21,22). The predicted octanol–water partition coefficient (Wildman–Crippen LogP) is 2.79. The second kappa shape index (κ2) is 7.77. The van der Waals surface area contributed by atoms with Gasteiger partial charge < -0.3 is 15.2 Å². The zero-order chi connectivity index (χ0) is 17.7. The Hall–Kier alpha value is -2.63. The summed E-state index contributed by atoms with van der Waals surface area (Å²) in [4.78, 5) is 24.4. The number of aryl methyl sites for hydroxylation is 2. The van der Waals surface area contributed by atoms with E-state index in [0.717, 1.165) is 11.1 Å². The molecule has 0 radical (unpaired) electrons. The molecule has 0 aliphatic carbocycles. The third-order valence-electron chi connectivity index (χ3n) is 3.70. The van der Waals surface area contributed by atoms with Crippen LogP contribution in [0.1, 0.15) is 36.7 Å². The van der Waals surface area contributed by atoms with Crippen LogP contribution in [0.4, 0.5) is 5.82 Å². The van der Waals surface area contributed by atoms with Crippen LogP contribution in [0.25, 0.3) is 0 Å². The van der Waals surface area contributed by atoms with Gasteiger partial charge in [-0.3, -0.25) is 9.59 Å². The first kappa shape index (κ1) is 17.7. The number of nitrogens with one attached hydrogen (secondary N) is 2. The molecule has 1 aromatic carbocycles. The second-order valence-corrected chi connectivity index (χ2v) is 6.22. The maximum absolute atomic E-state index is 12.5. The van der Waals surface area contributed by atoms with Crippen molar-refractivity contribution in [2.45, 2.75) is 33.6 Å². The van der Waals surface area contributed by atoms with E-state index in [0.29, 0.717) is 11.6 Å². The number of hydrogen-bond acceptors (Lipinski definition) is 4. The number of carbonyl (C=O) groups excluding carboxylic acids is 2. The number of aromatic nitrogens is 1. The van der Waals surface area contributed by atoms with Gasteiger partial charge in [0.2, 0.25) is 11.8 Å². The summed E-state index contributed by atoms with van der Waals surface area (Å²) in [7, 11) is 0. The van der Waals surface area contributed by atoms with Gasteiger partial charge in [0.15, 0.2) is 5.82 Å². The molecule has 0 aliphatic rings. The lowest BCUT2D eigenvalue weighted by atomic mass is 9.87. The molecule has 1 heterocycles. The summed E-state index contributed by atoms with van der Waals surface area (Å²) in [5.41, 5.74) is 2.09. The molecule has 0 saturated heterocycles. The van der Waals surface area contributed by atoms with Gasteiger partial charge in [0, 0.05) is 6.07 Å². The van der Waals surface area contributed by atoms with Crippen molar-refractivity contribution in [1.29, 1.82) is 0 Å². The summed E-state index contributed by atoms with van der Waals surface area (Å²) >= 11 is 0. The van der Waals surface area contributed by atoms with Crippen LogP contribution >= 0.6 is 0 Å². The molecule has 0 fully saturated rings. The van der Waals surface area contributed by atoms with Gasteiger partial charge >= 0.3 is 0 Å². The summed E-state index contributed by atoms with van der Waals surface area (Å²) in [6.07, 6.45) is 0. The fraction of sp³-hybridized carbons (Fsp3) is 0.389. The largest absolute Gasteiger partial charge is 0.360 e. The van der Waals surface area contributed by atoms with Crippen molar-refractivity contribution in [3.8, 4) is 0 Å². The zero-order valence-electron chi connectivity index (χ0n) is 14.4. The molecule has 0 aliphatic heterocycles. The van der Waals surface area contributed by atoms with E-state index in [1.807, 2.05) is 45.0 Å². The fourth-order valence-electron chi connectivity index (χ4n) is 2.50. The highest BCUT2D eigenvalue weighted by Gasteiger charge is 2.24. The maximum Gasteiger partial charge on any atom is 0.245 e. The van der Waals surface area contributed by atoms with Crippen LogP contribution in [0.15, 0.2) is 34.9 Å². The third kappa shape index (κ3) is 4.68. The normalized spacial score (nSPS) is 12.0. The van der Waals surface area contributed by atoms with Gasteiger partial charge in [-0.15, -0.1) is 0 Å². The molecule has 2 amide bonds. The summed E-state index contributed by atoms with van der Waals surface area (Å²) in [6, 6.07) is 9.49. The smallest absolute Gasteiger partial charge is 0.245 e. The highest BCUT2D eigenvalue weighted by atomic mass is 16.5. The number of amides is 2. The molecule has 6 nitrogen and oxygen atoms in total. The van der Waals surface area contributed by atoms with Crippen LogP contribution < -0.4 is 10.6 Å². The third-order valence-corrected chi connectivity index (χ3v) is 3.70. The van der Waals surface area contributed by atoms with E-state index in [1.54, 1.807) is 13.0 Å². The van der Waals surface area contributed by atoms with Gasteiger partial charge in [-0.05, 0) is 25.3 Å². The molecular weight excluding hydrogens is 306 g/mol. The number of carbonyl (C=O) groups is 2. The number of anilines is 1. The van der Waals surface area contributed by atoms with Crippen LogP contribution in [0.3, 0.4) is 0 Å². The van der Waals surface area contributed by atoms with E-state index in [-0.39, 0.29) is 30.2 Å². The Bertz CT molecular complexity index is 705. The minimum Gasteiger partial charge on any atom is -0.360 e. The van der Waals surface area contributed by atoms with Crippen molar-refractivity contribution in [3.05, 3.63) is 47.2 Å². The fourth-order valence-corrected chi connectivity index (χ4v) is 2.50. The molecular formula is C18H23N3O3. The summed E-state index contributed by atoms with van der Waals surface area (Å²) in [5, 5.41) is 8.95. The zero-order valence-corrected chi connectivity index (χ0v) is 14.4. The lowest BCUT2D eigenvalue weighted by molar-refractivity contribution is -0.126. The Morgan fingerprint density at radius 1 is 1.17 bits per heavy atom. The van der Waals surface area contributed by atoms with Gasteiger partial charge in [0.05, 0.1) is 12.5 Å². The van der Waals surface area contributed by atoms with E-state index < -0.39 is 0 Å². The van der Waals surface area contributed by atoms with E-state index in [4.69, 9.17) is 4.52 Å². The first-order valence-corrected chi connectivity index (χ1v) is 7.94. The summed E-state index contributed by atoms with van der Waals surface area (Å²) < 4.78 is 4.88. The average molecular weight is 329 g/mol. The van der Waals surface area contributed by atoms with Crippen LogP contribution in [0.2, 0.25) is 0 Å². The predicted molar refractivity (Wildman–Crippen MR) is 91.6 cm³/mol. The van der Waals surface area contributed by atoms with Crippen molar-refractivity contribution in [2.24, 2.45) is 5.92 Å². The number of hydrogen-bond donors (Lipinski definition) is 2. The van der Waals surface area contributed by atoms with Crippen molar-refractivity contribution < 1.29 is 14.1 Å². The van der Waals surface area contributed by atoms with Gasteiger partial charge in [0.1, 0.15) is 5.76 Å². The monoisotopic (exact) mass is 329 g/mol. The lowest BCUT2D eigenvalue weighted by Crippen LogP contribution is -2.37. The summed E-state index contributed by atoms with van der Waals surface area (Å²) in [5.74, 6) is 0.254. The Morgan fingerprint density at radius 2 is 1.83 bits per heavy atom. The van der Waals surface area contributed by atoms with E-state index in [9.17, 15) is 9.59 Å². The van der Waals surface area contributed by atoms with E-state index in [2.05, 4.69) is 15.8 Å². The van der Waals surface area contributed by atoms with Crippen LogP contribution in [0.5, 0.6) is 0 Å². The van der Waals surface area contributed by atoms with E-state index in [1.165, 1.54) is 0 Å². The molecule has 2 aromatic rings. The van der Waals surface area contributed by atoms with Crippen molar-refractivity contribution in [1.82, 2.24) is 10.5 Å². The molecule has 1 atom stereocenters. The molecule has 0 bridgehead atoms. The summed E-state index contributed by atoms with van der Waals surface area (Å²) in [6.45, 7) is 7.61. The first-order chi connectivity index (χ1) is 11.4. The molecule has 2 rings (SSSR count). The topological polar surface area (TPSA) is 84.2 Å². The van der Waals surface area contributed by atoms with E-state index >= 15 is 0 Å². The number of rotatable bonds is 6. The molecule has 0 saturated carbocycles. The molecule has 6 heteroatoms. The van der Waals surface area contributed by atoms with Crippen LogP contribution in [-0.4, -0.2) is 23.5 Å². The minimum absolute atomic E-state index is 0.111. The first-order valence-electron chi connectivity index (χ1n) is 7.94. The van der Waals surface area contributed by atoms with Gasteiger partial charge in [-0.25, -0.2) is 0 Å². The Balaban J connectivity index is 1.95. The quantitative estimate of drug-likeness (QED) is 0.853. The number of benzene rings is 1. The molecule has 24 heavy (non-hydrogen) atoms. The highest BCUT2D eigenvalue weighted by molar-refractivity contribution is 5.94. The molecule has 2 N–H and O–H groups in total. The Kier molecular flexibility index (Phi) is 5.73. The highest BCUT2D eigenvalue weighted by Crippen LogP contribution is 2.25. The molecule has 1 unspecified atom stereocenters. The minimum atomic E-state index is -0.344. The lowest BCUT2D eigenvalue weighted by Gasteiger charge is -2.20. The Labute approximate surface area is 141 Å². The number of nitrogens with zero attached hydrogens (tertiary/aromatic N) is 1. The van der Waals surface area contributed by atoms with Crippen molar-refractivity contribution in [3.63, 3.8) is 0 Å². The average Bonchev–Trinajstić information content (AvgIpc) is 2.92. The Morgan fingerprint density at radius 3 is 2.38 bits per heavy atom. The second-order valence-electron chi connectivity index (χ2n) is 6.22. The van der Waals surface area contributed by atoms with Gasteiger partial charge in [-0.1, -0.05) is 48.8 Å². The van der Waals surface area contributed by atoms with Gasteiger partial charge in [-0.2, -0.15) is 0 Å².